The largest absolute Gasteiger partial charge is 0.497 e. The molecule has 0 heterocycles. The van der Waals surface area contributed by atoms with Crippen molar-refractivity contribution in [2.75, 3.05) is 7.11 Å². The number of rotatable bonds is 10. The Morgan fingerprint density at radius 1 is 0.816 bits per heavy atom. The Bertz CT molecular complexity index is 1340. The van der Waals surface area contributed by atoms with Crippen molar-refractivity contribution < 1.29 is 14.3 Å². The molecule has 2 amide bonds. The Morgan fingerprint density at radius 3 is 2.05 bits per heavy atom. The van der Waals surface area contributed by atoms with E-state index in [0.717, 1.165) is 33.6 Å². The average molecular weight is 527 g/mol. The van der Waals surface area contributed by atoms with Gasteiger partial charge >= 0.3 is 0 Å². The third kappa shape index (κ3) is 7.24. The van der Waals surface area contributed by atoms with Crippen LogP contribution in [0.3, 0.4) is 0 Å². The minimum absolute atomic E-state index is 0.141. The number of hydrogen-bond donors (Lipinski definition) is 1. The molecule has 0 aliphatic rings. The third-order valence-corrected chi connectivity index (χ3v) is 6.62. The van der Waals surface area contributed by atoms with Crippen LogP contribution in [0.4, 0.5) is 0 Å². The van der Waals surface area contributed by atoms with E-state index in [-0.39, 0.29) is 24.8 Å². The molecule has 4 aromatic rings. The van der Waals surface area contributed by atoms with Crippen molar-refractivity contribution in [3.63, 3.8) is 0 Å². The lowest BCUT2D eigenvalue weighted by molar-refractivity contribution is -0.141. The van der Waals surface area contributed by atoms with Crippen molar-refractivity contribution in [2.45, 2.75) is 32.5 Å². The van der Waals surface area contributed by atoms with Gasteiger partial charge in [0, 0.05) is 18.1 Å². The van der Waals surface area contributed by atoms with Gasteiger partial charge in [0.1, 0.15) is 11.8 Å². The van der Waals surface area contributed by atoms with Crippen molar-refractivity contribution in [1.82, 2.24) is 10.2 Å². The molecule has 0 spiro atoms. The molecule has 0 saturated carbocycles. The molecule has 4 aromatic carbocycles. The number of aryl methyl sites for hydroxylation is 1. The SMILES string of the molecule is COc1ccc(CN(C(=O)Cc2ccc(Cl)cc2)[C@@H](C(=O)NCc2ccc(C)cc2)c2ccccc2)cc1. The number of halogens is 1. The van der Waals surface area contributed by atoms with Gasteiger partial charge in [0.15, 0.2) is 0 Å². The average Bonchev–Trinajstić information content (AvgIpc) is 2.94. The fourth-order valence-corrected chi connectivity index (χ4v) is 4.36. The second-order valence-electron chi connectivity index (χ2n) is 9.19. The lowest BCUT2D eigenvalue weighted by atomic mass is 10.0. The van der Waals surface area contributed by atoms with Crippen molar-refractivity contribution in [3.05, 3.63) is 136 Å². The van der Waals surface area contributed by atoms with Gasteiger partial charge in [-0.2, -0.15) is 0 Å². The summed E-state index contributed by atoms with van der Waals surface area (Å²) in [5.41, 5.74) is 4.60. The number of amides is 2. The topological polar surface area (TPSA) is 58.6 Å². The summed E-state index contributed by atoms with van der Waals surface area (Å²) in [5, 5.41) is 3.66. The van der Waals surface area contributed by atoms with Crippen molar-refractivity contribution >= 4 is 23.4 Å². The third-order valence-electron chi connectivity index (χ3n) is 6.36. The number of nitrogens with zero attached hydrogens (tertiary/aromatic N) is 1. The van der Waals surface area contributed by atoms with Crippen LogP contribution >= 0.6 is 11.6 Å². The van der Waals surface area contributed by atoms with Crippen LogP contribution in [0.5, 0.6) is 5.75 Å². The van der Waals surface area contributed by atoms with Crippen LogP contribution in [-0.2, 0) is 29.1 Å². The molecule has 0 saturated heterocycles. The lowest BCUT2D eigenvalue weighted by Gasteiger charge is -2.32. The van der Waals surface area contributed by atoms with Gasteiger partial charge in [0.2, 0.25) is 11.8 Å². The van der Waals surface area contributed by atoms with Crippen LogP contribution in [-0.4, -0.2) is 23.8 Å². The molecule has 1 N–H and O–H groups in total. The number of ether oxygens (including phenoxy) is 1. The number of benzene rings is 4. The molecule has 0 fully saturated rings. The fraction of sp³-hybridized carbons (Fsp3) is 0.188. The van der Waals surface area contributed by atoms with E-state index < -0.39 is 6.04 Å². The highest BCUT2D eigenvalue weighted by Crippen LogP contribution is 2.26. The highest BCUT2D eigenvalue weighted by Gasteiger charge is 2.31. The number of methoxy groups -OCH3 is 1. The second-order valence-corrected chi connectivity index (χ2v) is 9.63. The van der Waals surface area contributed by atoms with E-state index >= 15 is 0 Å². The highest BCUT2D eigenvalue weighted by molar-refractivity contribution is 6.30. The molecule has 0 radical (unpaired) electrons. The molecule has 0 unspecified atom stereocenters. The molecular weight excluding hydrogens is 496 g/mol. The van der Waals surface area contributed by atoms with E-state index in [0.29, 0.717) is 11.6 Å². The van der Waals surface area contributed by atoms with Crippen molar-refractivity contribution in [3.8, 4) is 5.75 Å². The molecule has 6 heteroatoms. The zero-order valence-electron chi connectivity index (χ0n) is 21.6. The summed E-state index contributed by atoms with van der Waals surface area (Å²) in [6, 6.07) is 31.3. The predicted octanol–water partition coefficient (Wildman–Crippen LogP) is 6.29. The molecular formula is C32H31ClN2O3. The Hall–Kier alpha value is -4.09. The smallest absolute Gasteiger partial charge is 0.247 e. The van der Waals surface area contributed by atoms with Crippen molar-refractivity contribution in [1.29, 1.82) is 0 Å². The van der Waals surface area contributed by atoms with Gasteiger partial charge in [0.05, 0.1) is 13.5 Å². The Morgan fingerprint density at radius 2 is 1.42 bits per heavy atom. The molecule has 0 aliphatic carbocycles. The predicted molar refractivity (Wildman–Crippen MR) is 151 cm³/mol. The summed E-state index contributed by atoms with van der Waals surface area (Å²) in [6.07, 6.45) is 0.141. The quantitative estimate of drug-likeness (QED) is 0.264. The molecule has 5 nitrogen and oxygen atoms in total. The van der Waals surface area contributed by atoms with E-state index in [2.05, 4.69) is 5.32 Å². The molecule has 0 aromatic heterocycles. The zero-order valence-corrected chi connectivity index (χ0v) is 22.3. The molecule has 4 rings (SSSR count). The summed E-state index contributed by atoms with van der Waals surface area (Å²) in [4.78, 5) is 29.3. The van der Waals surface area contributed by atoms with Crippen LogP contribution < -0.4 is 10.1 Å². The summed E-state index contributed by atoms with van der Waals surface area (Å²) < 4.78 is 5.29. The zero-order chi connectivity index (χ0) is 26.9. The van der Waals surface area contributed by atoms with Crippen LogP contribution in [0.2, 0.25) is 5.02 Å². The molecule has 0 bridgehead atoms. The van der Waals surface area contributed by atoms with Gasteiger partial charge in [-0.1, -0.05) is 96.0 Å². The number of carbonyl (C=O) groups excluding carboxylic acids is 2. The Kier molecular flexibility index (Phi) is 9.17. The fourth-order valence-electron chi connectivity index (χ4n) is 4.23. The first kappa shape index (κ1) is 27.0. The maximum atomic E-state index is 13.8. The van der Waals surface area contributed by atoms with Gasteiger partial charge in [-0.15, -0.1) is 0 Å². The van der Waals surface area contributed by atoms with Crippen molar-refractivity contribution in [2.24, 2.45) is 0 Å². The van der Waals surface area contributed by atoms with E-state index in [1.54, 1.807) is 24.1 Å². The summed E-state index contributed by atoms with van der Waals surface area (Å²) in [7, 11) is 1.61. The monoisotopic (exact) mass is 526 g/mol. The van der Waals surface area contributed by atoms with E-state index in [1.807, 2.05) is 97.9 Å². The lowest BCUT2D eigenvalue weighted by Crippen LogP contribution is -2.43. The minimum atomic E-state index is -0.816. The summed E-state index contributed by atoms with van der Waals surface area (Å²) in [6.45, 7) is 2.65. The minimum Gasteiger partial charge on any atom is -0.497 e. The van der Waals surface area contributed by atoms with Gasteiger partial charge in [-0.05, 0) is 53.4 Å². The first-order chi connectivity index (χ1) is 18.4. The van der Waals surface area contributed by atoms with Gasteiger partial charge in [0.25, 0.3) is 0 Å². The second kappa shape index (κ2) is 12.9. The summed E-state index contributed by atoms with van der Waals surface area (Å²) >= 11 is 6.05. The standard InChI is InChI=1S/C32H31ClN2O3/c1-23-8-10-25(11-9-23)21-34-32(37)31(27-6-4-3-5-7-27)35(22-26-14-18-29(38-2)19-15-26)30(36)20-24-12-16-28(33)17-13-24/h3-19,31H,20-22H2,1-2H3,(H,34,37)/t31-/m1/s1. The highest BCUT2D eigenvalue weighted by atomic mass is 35.5. The van der Waals surface area contributed by atoms with Gasteiger partial charge < -0.3 is 15.0 Å². The van der Waals surface area contributed by atoms with Gasteiger partial charge in [-0.25, -0.2) is 0 Å². The summed E-state index contributed by atoms with van der Waals surface area (Å²) in [5.74, 6) is 0.320. The van der Waals surface area contributed by atoms with Crippen LogP contribution in [0, 0.1) is 6.92 Å². The first-order valence-electron chi connectivity index (χ1n) is 12.5. The van der Waals surface area contributed by atoms with Crippen LogP contribution in [0.15, 0.2) is 103 Å². The Balaban J connectivity index is 1.66. The number of nitrogens with one attached hydrogen (secondary N) is 1. The molecule has 0 aliphatic heterocycles. The maximum absolute atomic E-state index is 13.8. The van der Waals surface area contributed by atoms with E-state index in [9.17, 15) is 9.59 Å². The Labute approximate surface area is 229 Å². The number of carbonyl (C=O) groups is 2. The van der Waals surface area contributed by atoms with E-state index in [4.69, 9.17) is 16.3 Å². The maximum Gasteiger partial charge on any atom is 0.247 e. The van der Waals surface area contributed by atoms with E-state index in [1.165, 1.54) is 0 Å². The normalized spacial score (nSPS) is 11.4. The first-order valence-corrected chi connectivity index (χ1v) is 12.9. The molecule has 1 atom stereocenters. The van der Waals surface area contributed by atoms with Crippen LogP contribution in [0.25, 0.3) is 0 Å². The van der Waals surface area contributed by atoms with Gasteiger partial charge in [-0.3, -0.25) is 9.59 Å². The molecule has 194 valence electrons. The number of hydrogen-bond acceptors (Lipinski definition) is 3. The molecule has 38 heavy (non-hydrogen) atoms. The van der Waals surface area contributed by atoms with Crippen LogP contribution in [0.1, 0.15) is 33.9 Å².